The minimum atomic E-state index is -4.57. The van der Waals surface area contributed by atoms with Crippen LogP contribution >= 0.6 is 15.9 Å². The molecule has 0 unspecified atom stereocenters. The molecular weight excluding hydrogens is 291 g/mol. The maximum Gasteiger partial charge on any atom is 0.419 e. The van der Waals surface area contributed by atoms with E-state index in [4.69, 9.17) is 10.6 Å². The molecule has 0 amide bonds. The fourth-order valence-corrected chi connectivity index (χ4v) is 1.84. The number of hydrogen-bond donors (Lipinski definition) is 1. The summed E-state index contributed by atoms with van der Waals surface area (Å²) < 4.78 is 42.7. The Morgan fingerprint density at radius 1 is 1.38 bits per heavy atom. The van der Waals surface area contributed by atoms with Crippen LogP contribution in [0.3, 0.4) is 0 Å². The highest BCUT2D eigenvalue weighted by Gasteiger charge is 2.37. The van der Waals surface area contributed by atoms with Crippen LogP contribution in [-0.2, 0) is 6.18 Å². The zero-order chi connectivity index (χ0) is 12.3. The van der Waals surface area contributed by atoms with E-state index < -0.39 is 11.7 Å². The monoisotopic (exact) mass is 297 g/mol. The van der Waals surface area contributed by atoms with Crippen molar-refractivity contribution in [2.75, 3.05) is 7.11 Å². The molecule has 1 aromatic rings. The van der Waals surface area contributed by atoms with Crippen LogP contribution in [0.2, 0.25) is 0 Å². The second-order valence-electron chi connectivity index (χ2n) is 2.69. The van der Waals surface area contributed by atoms with E-state index in [1.165, 1.54) is 13.2 Å². The van der Waals surface area contributed by atoms with E-state index >= 15 is 0 Å². The van der Waals surface area contributed by atoms with Crippen molar-refractivity contribution in [1.82, 2.24) is 0 Å². The smallest absolute Gasteiger partial charge is 0.419 e. The molecule has 1 aromatic carbocycles. The number of nitrogens with two attached hydrogens (primary N) is 1. The van der Waals surface area contributed by atoms with Crippen LogP contribution in [0.15, 0.2) is 26.9 Å². The first-order chi connectivity index (χ1) is 7.41. The molecule has 0 aliphatic carbocycles. The molecule has 0 heterocycles. The standard InChI is InChI=1S/C8H7BrF3N3O/c1-16-5-3-2-4(14-15-13)6(7(5)9)8(10,11)12/h2-3H,1H3,(H2,13,14). The maximum absolute atomic E-state index is 12.7. The molecule has 4 nitrogen and oxygen atoms in total. The Labute approximate surface area is 97.4 Å². The van der Waals surface area contributed by atoms with E-state index in [9.17, 15) is 13.2 Å². The SMILES string of the molecule is COc1ccc(N=NN)c(C(F)(F)F)c1Br. The predicted octanol–water partition coefficient (Wildman–Crippen LogP) is 3.43. The van der Waals surface area contributed by atoms with E-state index in [2.05, 4.69) is 26.3 Å². The van der Waals surface area contributed by atoms with Gasteiger partial charge in [0.1, 0.15) is 17.0 Å². The molecule has 0 fully saturated rings. The first-order valence-electron chi connectivity index (χ1n) is 3.96. The second kappa shape index (κ2) is 4.69. The van der Waals surface area contributed by atoms with E-state index in [0.717, 1.165) is 6.07 Å². The largest absolute Gasteiger partial charge is 0.496 e. The van der Waals surface area contributed by atoms with Crippen LogP contribution in [0.4, 0.5) is 18.9 Å². The van der Waals surface area contributed by atoms with Gasteiger partial charge in [-0.25, -0.2) is 0 Å². The Morgan fingerprint density at radius 3 is 2.44 bits per heavy atom. The lowest BCUT2D eigenvalue weighted by atomic mass is 10.1. The molecule has 0 atom stereocenters. The summed E-state index contributed by atoms with van der Waals surface area (Å²) >= 11 is 2.81. The minimum absolute atomic E-state index is 0.0586. The van der Waals surface area contributed by atoms with Crippen molar-refractivity contribution in [2.24, 2.45) is 16.2 Å². The number of ether oxygens (including phenoxy) is 1. The van der Waals surface area contributed by atoms with Crippen LogP contribution in [0.25, 0.3) is 0 Å². The minimum Gasteiger partial charge on any atom is -0.496 e. The van der Waals surface area contributed by atoms with Gasteiger partial charge in [0.25, 0.3) is 0 Å². The van der Waals surface area contributed by atoms with Gasteiger partial charge in [0.05, 0.1) is 11.6 Å². The summed E-state index contributed by atoms with van der Waals surface area (Å²) in [5.74, 6) is 4.80. The van der Waals surface area contributed by atoms with Crippen LogP contribution in [-0.4, -0.2) is 7.11 Å². The topological polar surface area (TPSA) is 60.0 Å². The Bertz CT molecular complexity index is 420. The van der Waals surface area contributed by atoms with Gasteiger partial charge < -0.3 is 10.6 Å². The van der Waals surface area contributed by atoms with Crippen LogP contribution < -0.4 is 10.6 Å². The van der Waals surface area contributed by atoms with Gasteiger partial charge >= 0.3 is 6.18 Å². The molecule has 88 valence electrons. The van der Waals surface area contributed by atoms with Crippen LogP contribution in [0, 0.1) is 0 Å². The fourth-order valence-electron chi connectivity index (χ4n) is 1.12. The Morgan fingerprint density at radius 2 is 2.00 bits per heavy atom. The van der Waals surface area contributed by atoms with E-state index in [1.807, 2.05) is 0 Å². The molecule has 0 aromatic heterocycles. The lowest BCUT2D eigenvalue weighted by Gasteiger charge is -2.13. The molecule has 0 saturated carbocycles. The van der Waals surface area contributed by atoms with Gasteiger partial charge in [-0.15, -0.1) is 5.11 Å². The highest BCUT2D eigenvalue weighted by Crippen LogP contribution is 2.45. The highest BCUT2D eigenvalue weighted by atomic mass is 79.9. The third kappa shape index (κ3) is 2.43. The van der Waals surface area contributed by atoms with Gasteiger partial charge in [-0.3, -0.25) is 0 Å². The third-order valence-corrected chi connectivity index (χ3v) is 2.54. The van der Waals surface area contributed by atoms with Crippen molar-refractivity contribution < 1.29 is 17.9 Å². The second-order valence-corrected chi connectivity index (χ2v) is 3.48. The third-order valence-electron chi connectivity index (χ3n) is 1.75. The van der Waals surface area contributed by atoms with Crippen LogP contribution in [0.5, 0.6) is 5.75 Å². The Kier molecular flexibility index (Phi) is 3.74. The number of rotatable bonds is 2. The number of methoxy groups -OCH3 is 1. The summed E-state index contributed by atoms with van der Waals surface area (Å²) in [5.41, 5.74) is -1.34. The van der Waals surface area contributed by atoms with Gasteiger partial charge in [0.15, 0.2) is 0 Å². The molecule has 1 rings (SSSR count). The van der Waals surface area contributed by atoms with Gasteiger partial charge in [-0.05, 0) is 28.1 Å². The quantitative estimate of drug-likeness (QED) is 0.516. The number of halogens is 4. The van der Waals surface area contributed by atoms with Crippen LogP contribution in [0.1, 0.15) is 5.56 Å². The number of nitrogens with zero attached hydrogens (tertiary/aromatic N) is 2. The van der Waals surface area contributed by atoms with Crippen molar-refractivity contribution >= 4 is 21.6 Å². The van der Waals surface area contributed by atoms with Crippen molar-refractivity contribution in [1.29, 1.82) is 0 Å². The van der Waals surface area contributed by atoms with E-state index in [1.54, 1.807) is 0 Å². The average molecular weight is 298 g/mol. The zero-order valence-electron chi connectivity index (χ0n) is 8.05. The summed E-state index contributed by atoms with van der Waals surface area (Å²) in [6.07, 6.45) is -4.57. The lowest BCUT2D eigenvalue weighted by Crippen LogP contribution is -2.07. The Balaban J connectivity index is 3.49. The number of alkyl halides is 3. The number of benzene rings is 1. The van der Waals surface area contributed by atoms with Gasteiger partial charge in [0, 0.05) is 0 Å². The van der Waals surface area contributed by atoms with Crippen molar-refractivity contribution in [2.45, 2.75) is 6.18 Å². The first-order valence-corrected chi connectivity index (χ1v) is 4.75. The summed E-state index contributed by atoms with van der Waals surface area (Å²) in [5, 5.41) is 6.05. The Hall–Kier alpha value is -1.31. The van der Waals surface area contributed by atoms with Crippen molar-refractivity contribution in [3.63, 3.8) is 0 Å². The van der Waals surface area contributed by atoms with Gasteiger partial charge in [-0.2, -0.15) is 13.2 Å². The predicted molar refractivity (Wildman–Crippen MR) is 54.4 cm³/mol. The lowest BCUT2D eigenvalue weighted by molar-refractivity contribution is -0.137. The highest BCUT2D eigenvalue weighted by molar-refractivity contribution is 9.10. The fraction of sp³-hybridized carbons (Fsp3) is 0.250. The van der Waals surface area contributed by atoms with Crippen molar-refractivity contribution in [3.05, 3.63) is 22.2 Å². The molecule has 0 spiro atoms. The molecule has 16 heavy (non-hydrogen) atoms. The molecule has 0 aliphatic heterocycles. The molecule has 0 aliphatic rings. The molecule has 0 saturated heterocycles. The molecule has 8 heteroatoms. The summed E-state index contributed by atoms with van der Waals surface area (Å²) in [6, 6.07) is 2.46. The maximum atomic E-state index is 12.7. The number of hydrogen-bond acceptors (Lipinski definition) is 3. The molecule has 0 bridgehead atoms. The summed E-state index contributed by atoms with van der Waals surface area (Å²) in [7, 11) is 1.27. The van der Waals surface area contributed by atoms with Gasteiger partial charge in [-0.1, -0.05) is 5.22 Å². The average Bonchev–Trinajstić information content (AvgIpc) is 2.16. The first kappa shape index (κ1) is 12.8. The molecule has 0 radical (unpaired) electrons. The molecular formula is C8H7BrF3N3O. The van der Waals surface area contributed by atoms with E-state index in [-0.39, 0.29) is 15.9 Å². The summed E-state index contributed by atoms with van der Waals surface area (Å²) in [4.78, 5) is 0. The van der Waals surface area contributed by atoms with E-state index in [0.29, 0.717) is 0 Å². The van der Waals surface area contributed by atoms with Gasteiger partial charge in [0.2, 0.25) is 0 Å². The zero-order valence-corrected chi connectivity index (χ0v) is 9.63. The molecule has 2 N–H and O–H groups in total. The van der Waals surface area contributed by atoms with Crippen molar-refractivity contribution in [3.8, 4) is 5.75 Å². The summed E-state index contributed by atoms with van der Waals surface area (Å²) in [6.45, 7) is 0. The normalized spacial score (nSPS) is 12.1.